The first kappa shape index (κ1) is 39.2. The summed E-state index contributed by atoms with van der Waals surface area (Å²) in [5, 5.41) is 14.2. The number of nitrogens with one attached hydrogen (secondary N) is 5. The molecule has 0 aromatic heterocycles. The van der Waals surface area contributed by atoms with Crippen LogP contribution < -0.4 is 40.8 Å². The van der Waals surface area contributed by atoms with E-state index in [9.17, 15) is 24.0 Å². The molecule has 3 aromatic carbocycles. The van der Waals surface area contributed by atoms with Crippen LogP contribution >= 0.6 is 0 Å². The molecule has 2 bridgehead atoms. The molecule has 52 heavy (non-hydrogen) atoms. The van der Waals surface area contributed by atoms with E-state index < -0.39 is 35.8 Å². The van der Waals surface area contributed by atoms with Crippen LogP contribution in [0.5, 0.6) is 17.2 Å². The van der Waals surface area contributed by atoms with Crippen LogP contribution in [0.2, 0.25) is 0 Å². The minimum Gasteiger partial charge on any atom is -0.497 e. The summed E-state index contributed by atoms with van der Waals surface area (Å²) in [6.45, 7) is 3.94. The molecule has 0 unspecified atom stereocenters. The van der Waals surface area contributed by atoms with Gasteiger partial charge in [0.05, 0.1) is 14.2 Å². The van der Waals surface area contributed by atoms with Gasteiger partial charge in [-0.15, -0.1) is 0 Å². The molecule has 1 aliphatic heterocycles. The number of benzene rings is 3. The Morgan fingerprint density at radius 1 is 0.846 bits per heavy atom. The summed E-state index contributed by atoms with van der Waals surface area (Å²) in [6, 6.07) is 18.2. The zero-order chi connectivity index (χ0) is 37.5. The molecule has 3 aromatic rings. The molecule has 3 atom stereocenters. The first-order valence-electron chi connectivity index (χ1n) is 17.5. The van der Waals surface area contributed by atoms with Crippen molar-refractivity contribution in [2.75, 3.05) is 33.9 Å². The Kier molecular flexibility index (Phi) is 14.9. The highest BCUT2D eigenvalue weighted by molar-refractivity contribution is 5.99. The minimum atomic E-state index is -1.08. The first-order chi connectivity index (χ1) is 25.1. The maximum atomic E-state index is 14.0. The molecule has 4 rings (SSSR count). The lowest BCUT2D eigenvalue weighted by atomic mass is 10.00. The van der Waals surface area contributed by atoms with Gasteiger partial charge in [-0.2, -0.15) is 0 Å². The standard InChI is InChI=1S/C39H49N5O8/c1-25(2)35-39(49)41-20-9-13-27-17-18-32(51-4)33(22-27)52-24-34(45)40-19-10-16-30(42-36(46)28-14-8-15-29(23-28)50-3)37(47)43-31(38(48)44-35)21-26-11-6-5-7-12-26/h5-8,11-12,14-15,17-18,22-23,25,30-31,35H,9-10,13,16,19-21,24H2,1-4H3,(H,40,45)(H,41,49)(H,42,46)(H,43,47)(H,44,48)/t30-,31-,35+/m0/s1. The van der Waals surface area contributed by atoms with Crippen LogP contribution in [0.3, 0.4) is 0 Å². The van der Waals surface area contributed by atoms with E-state index in [1.54, 1.807) is 36.4 Å². The van der Waals surface area contributed by atoms with Crippen LogP contribution in [-0.2, 0) is 32.0 Å². The molecule has 0 spiro atoms. The quantitative estimate of drug-likeness (QED) is 0.249. The predicted octanol–water partition coefficient (Wildman–Crippen LogP) is 2.71. The molecule has 0 saturated carbocycles. The van der Waals surface area contributed by atoms with Gasteiger partial charge in [-0.25, -0.2) is 0 Å². The zero-order valence-corrected chi connectivity index (χ0v) is 30.2. The van der Waals surface area contributed by atoms with Crippen molar-refractivity contribution in [3.05, 3.63) is 89.5 Å². The number of rotatable bonds is 7. The lowest BCUT2D eigenvalue weighted by molar-refractivity contribution is -0.133. The smallest absolute Gasteiger partial charge is 0.257 e. The van der Waals surface area contributed by atoms with Gasteiger partial charge in [-0.1, -0.05) is 56.3 Å². The van der Waals surface area contributed by atoms with Crippen molar-refractivity contribution < 1.29 is 38.2 Å². The molecule has 1 heterocycles. The van der Waals surface area contributed by atoms with Crippen molar-refractivity contribution in [2.45, 2.75) is 64.1 Å². The second-order valence-electron chi connectivity index (χ2n) is 12.9. The Morgan fingerprint density at radius 2 is 1.62 bits per heavy atom. The summed E-state index contributed by atoms with van der Waals surface area (Å²) in [6.07, 6.45) is 1.81. The van der Waals surface area contributed by atoms with Crippen molar-refractivity contribution in [1.29, 1.82) is 0 Å². The van der Waals surface area contributed by atoms with Gasteiger partial charge < -0.3 is 40.8 Å². The molecular formula is C39H49N5O8. The number of fused-ring (bicyclic) bond motifs is 2. The Labute approximate surface area is 304 Å². The minimum absolute atomic E-state index is 0.134. The molecule has 278 valence electrons. The summed E-state index contributed by atoms with van der Waals surface area (Å²) in [5.41, 5.74) is 2.00. The maximum Gasteiger partial charge on any atom is 0.257 e. The van der Waals surface area contributed by atoms with Crippen LogP contribution in [0.4, 0.5) is 0 Å². The highest BCUT2D eigenvalue weighted by Crippen LogP contribution is 2.28. The second-order valence-corrected chi connectivity index (χ2v) is 12.9. The molecule has 0 fully saturated rings. The SMILES string of the molecule is COc1cccc(C(=O)N[C@H]2CCCNC(=O)COc3cc(ccc3OC)CCCNC(=O)[C@@H](C(C)C)NC(=O)[C@H](Cc3ccccc3)NC2=O)c1. The third kappa shape index (κ3) is 11.7. The Hall–Kier alpha value is -5.59. The third-order valence-electron chi connectivity index (χ3n) is 8.64. The summed E-state index contributed by atoms with van der Waals surface area (Å²) in [4.78, 5) is 67.3. The highest BCUT2D eigenvalue weighted by atomic mass is 16.5. The summed E-state index contributed by atoms with van der Waals surface area (Å²) >= 11 is 0. The van der Waals surface area contributed by atoms with Gasteiger partial charge in [0.1, 0.15) is 23.9 Å². The third-order valence-corrected chi connectivity index (χ3v) is 8.64. The van der Waals surface area contributed by atoms with Gasteiger partial charge in [0.15, 0.2) is 18.1 Å². The number of carbonyl (C=O) groups is 5. The van der Waals surface area contributed by atoms with E-state index in [1.807, 2.05) is 50.2 Å². The fourth-order valence-electron chi connectivity index (χ4n) is 5.73. The average molecular weight is 716 g/mol. The van der Waals surface area contributed by atoms with E-state index in [2.05, 4.69) is 26.6 Å². The Morgan fingerprint density at radius 3 is 2.35 bits per heavy atom. The molecule has 0 aliphatic carbocycles. The second kappa shape index (κ2) is 19.7. The van der Waals surface area contributed by atoms with E-state index in [0.717, 1.165) is 11.1 Å². The Balaban J connectivity index is 1.61. The number of methoxy groups -OCH3 is 2. The van der Waals surface area contributed by atoms with Gasteiger partial charge in [-0.05, 0) is 73.1 Å². The largest absolute Gasteiger partial charge is 0.497 e. The van der Waals surface area contributed by atoms with Crippen molar-refractivity contribution in [2.24, 2.45) is 5.92 Å². The molecular weight excluding hydrogens is 666 g/mol. The van der Waals surface area contributed by atoms with E-state index in [1.165, 1.54) is 14.2 Å². The van der Waals surface area contributed by atoms with Crippen LogP contribution in [0.15, 0.2) is 72.8 Å². The van der Waals surface area contributed by atoms with Crippen molar-refractivity contribution >= 4 is 29.5 Å². The number of hydrogen-bond donors (Lipinski definition) is 5. The van der Waals surface area contributed by atoms with Gasteiger partial charge in [0, 0.05) is 25.1 Å². The molecule has 0 saturated heterocycles. The number of aryl methyl sites for hydroxylation is 1. The van der Waals surface area contributed by atoms with Gasteiger partial charge in [-0.3, -0.25) is 24.0 Å². The van der Waals surface area contributed by atoms with Crippen LogP contribution in [-0.4, -0.2) is 81.6 Å². The number of ether oxygens (including phenoxy) is 3. The molecule has 0 radical (unpaired) electrons. The molecule has 5 amide bonds. The molecule has 5 N–H and O–H groups in total. The predicted molar refractivity (Wildman–Crippen MR) is 195 cm³/mol. The lowest BCUT2D eigenvalue weighted by Gasteiger charge is -2.27. The van der Waals surface area contributed by atoms with Crippen molar-refractivity contribution in [1.82, 2.24) is 26.6 Å². The van der Waals surface area contributed by atoms with E-state index in [4.69, 9.17) is 14.2 Å². The van der Waals surface area contributed by atoms with E-state index in [-0.39, 0.29) is 49.3 Å². The lowest BCUT2D eigenvalue weighted by Crippen LogP contribution is -2.58. The van der Waals surface area contributed by atoms with Gasteiger partial charge in [0.25, 0.3) is 11.8 Å². The normalized spacial score (nSPS) is 19.7. The molecule has 1 aliphatic rings. The maximum absolute atomic E-state index is 14.0. The number of amides is 5. The van der Waals surface area contributed by atoms with Gasteiger partial charge in [0.2, 0.25) is 17.7 Å². The van der Waals surface area contributed by atoms with Crippen LogP contribution in [0.25, 0.3) is 0 Å². The average Bonchev–Trinajstić information content (AvgIpc) is 3.15. The number of hydrogen-bond acceptors (Lipinski definition) is 8. The Bertz CT molecular complexity index is 1680. The van der Waals surface area contributed by atoms with E-state index in [0.29, 0.717) is 43.1 Å². The van der Waals surface area contributed by atoms with Crippen molar-refractivity contribution in [3.63, 3.8) is 0 Å². The zero-order valence-electron chi connectivity index (χ0n) is 30.2. The summed E-state index contributed by atoms with van der Waals surface area (Å²) < 4.78 is 16.5. The van der Waals surface area contributed by atoms with Crippen LogP contribution in [0, 0.1) is 5.92 Å². The van der Waals surface area contributed by atoms with Crippen LogP contribution in [0.1, 0.15) is 54.6 Å². The fourth-order valence-corrected chi connectivity index (χ4v) is 5.73. The fraction of sp³-hybridized carbons (Fsp3) is 0.410. The molecule has 13 heteroatoms. The highest BCUT2D eigenvalue weighted by Gasteiger charge is 2.31. The summed E-state index contributed by atoms with van der Waals surface area (Å²) in [5.74, 6) is -1.28. The number of carbonyl (C=O) groups excluding carboxylic acids is 5. The monoisotopic (exact) mass is 715 g/mol. The van der Waals surface area contributed by atoms with Gasteiger partial charge >= 0.3 is 0 Å². The van der Waals surface area contributed by atoms with Crippen molar-refractivity contribution in [3.8, 4) is 17.2 Å². The van der Waals surface area contributed by atoms with E-state index >= 15 is 0 Å². The first-order valence-corrected chi connectivity index (χ1v) is 17.5. The molecule has 13 nitrogen and oxygen atoms in total. The topological polar surface area (TPSA) is 173 Å². The summed E-state index contributed by atoms with van der Waals surface area (Å²) in [7, 11) is 3.00.